The molecule has 43 heavy (non-hydrogen) atoms. The molecule has 9 rings (SSSR count). The predicted octanol–water partition coefficient (Wildman–Crippen LogP) is 9.90. The maximum absolute atomic E-state index is 6.79. The van der Waals surface area contributed by atoms with Crippen molar-refractivity contribution in [2.45, 2.75) is 6.92 Å². The number of furan rings is 2. The first-order chi connectivity index (χ1) is 21.2. The lowest BCUT2D eigenvalue weighted by molar-refractivity contribution is -0.633. The first kappa shape index (κ1) is 24.0. The van der Waals surface area contributed by atoms with Gasteiger partial charge >= 0.3 is 0 Å². The third-order valence-corrected chi connectivity index (χ3v) is 8.81. The Kier molecular flexibility index (Phi) is 5.00. The standard InChI is InChI=1S/C39H27N2O2/c1-24-16-19-31-30-20-17-26(25-10-4-3-5-11-25)22-35(30)43-38(31)37(24)39-40(2)32-13-7-8-14-33(32)41(39)27-18-21-29-28-12-6-9-15-34(28)42-36(29)23-27/h3-23H,1-2H3/q+1. The minimum Gasteiger partial charge on any atom is -0.456 e. The highest BCUT2D eigenvalue weighted by Crippen LogP contribution is 2.40. The molecule has 0 saturated heterocycles. The number of aryl methyl sites for hydroxylation is 2. The van der Waals surface area contributed by atoms with E-state index >= 15 is 0 Å². The van der Waals surface area contributed by atoms with Crippen molar-refractivity contribution in [3.8, 4) is 28.2 Å². The van der Waals surface area contributed by atoms with Crippen LogP contribution in [0.4, 0.5) is 0 Å². The Balaban J connectivity index is 1.34. The van der Waals surface area contributed by atoms with Crippen molar-refractivity contribution in [3.05, 3.63) is 133 Å². The highest BCUT2D eigenvalue weighted by Gasteiger charge is 2.30. The van der Waals surface area contributed by atoms with Gasteiger partial charge in [0.2, 0.25) is 0 Å². The fourth-order valence-electron chi connectivity index (χ4n) is 6.74. The molecule has 3 aromatic heterocycles. The van der Waals surface area contributed by atoms with E-state index in [2.05, 4.69) is 132 Å². The van der Waals surface area contributed by atoms with Crippen LogP contribution >= 0.6 is 0 Å². The number of aromatic nitrogens is 2. The molecule has 4 nitrogen and oxygen atoms in total. The van der Waals surface area contributed by atoms with Crippen LogP contribution in [0.15, 0.2) is 136 Å². The molecule has 0 aliphatic rings. The minimum atomic E-state index is 0.872. The summed E-state index contributed by atoms with van der Waals surface area (Å²) in [5.41, 5.74) is 11.4. The summed E-state index contributed by atoms with van der Waals surface area (Å²) in [5.74, 6) is 1.06. The Bertz CT molecular complexity index is 2530. The van der Waals surface area contributed by atoms with E-state index in [9.17, 15) is 0 Å². The lowest BCUT2D eigenvalue weighted by atomic mass is 10.0. The smallest absolute Gasteiger partial charge is 0.298 e. The molecule has 0 fully saturated rings. The molecule has 0 N–H and O–H groups in total. The van der Waals surface area contributed by atoms with Gasteiger partial charge in [0.1, 0.15) is 28.0 Å². The van der Waals surface area contributed by atoms with Gasteiger partial charge in [0, 0.05) is 27.6 Å². The number of rotatable bonds is 3. The molecule has 0 bridgehead atoms. The number of hydrogen-bond acceptors (Lipinski definition) is 2. The van der Waals surface area contributed by atoms with Crippen molar-refractivity contribution in [3.63, 3.8) is 0 Å². The second-order valence-electron chi connectivity index (χ2n) is 11.3. The first-order valence-electron chi connectivity index (χ1n) is 14.6. The van der Waals surface area contributed by atoms with Crippen LogP contribution in [0.5, 0.6) is 0 Å². The maximum Gasteiger partial charge on any atom is 0.298 e. The molecule has 3 heterocycles. The topological polar surface area (TPSA) is 35.1 Å². The molecule has 0 atom stereocenters. The molecule has 9 aromatic rings. The van der Waals surface area contributed by atoms with Gasteiger partial charge in [-0.3, -0.25) is 0 Å². The van der Waals surface area contributed by atoms with Crippen molar-refractivity contribution in [1.82, 2.24) is 4.57 Å². The van der Waals surface area contributed by atoms with E-state index in [4.69, 9.17) is 8.83 Å². The molecule has 0 saturated carbocycles. The van der Waals surface area contributed by atoms with Crippen molar-refractivity contribution < 1.29 is 13.4 Å². The molecular formula is C39H27N2O2+. The average Bonchev–Trinajstić information content (AvgIpc) is 3.70. The second-order valence-corrected chi connectivity index (χ2v) is 11.3. The summed E-state index contributed by atoms with van der Waals surface area (Å²) in [6.45, 7) is 2.17. The Hall–Kier alpha value is -5.61. The third-order valence-electron chi connectivity index (χ3n) is 8.81. The zero-order valence-electron chi connectivity index (χ0n) is 23.8. The highest BCUT2D eigenvalue weighted by atomic mass is 16.3. The Morgan fingerprint density at radius 2 is 1.26 bits per heavy atom. The number of nitrogens with zero attached hydrogens (tertiary/aromatic N) is 2. The van der Waals surface area contributed by atoms with E-state index in [0.29, 0.717) is 0 Å². The molecule has 0 spiro atoms. The van der Waals surface area contributed by atoms with Crippen molar-refractivity contribution in [2.75, 3.05) is 0 Å². The van der Waals surface area contributed by atoms with E-state index in [1.54, 1.807) is 0 Å². The van der Waals surface area contributed by atoms with Gasteiger partial charge in [-0.15, -0.1) is 0 Å². The maximum atomic E-state index is 6.79. The lowest BCUT2D eigenvalue weighted by Crippen LogP contribution is -2.30. The molecule has 204 valence electrons. The summed E-state index contributed by atoms with van der Waals surface area (Å²) in [7, 11) is 2.14. The lowest BCUT2D eigenvalue weighted by Gasteiger charge is -2.07. The molecule has 0 unspecified atom stereocenters. The third kappa shape index (κ3) is 3.47. The second kappa shape index (κ2) is 8.94. The Morgan fingerprint density at radius 1 is 0.558 bits per heavy atom. The van der Waals surface area contributed by atoms with Crippen molar-refractivity contribution >= 4 is 54.9 Å². The van der Waals surface area contributed by atoms with E-state index in [0.717, 1.165) is 83.1 Å². The van der Waals surface area contributed by atoms with Gasteiger partial charge in [-0.05, 0) is 66.1 Å². The van der Waals surface area contributed by atoms with Crippen LogP contribution in [0.2, 0.25) is 0 Å². The number of para-hydroxylation sites is 3. The first-order valence-corrected chi connectivity index (χ1v) is 14.6. The Morgan fingerprint density at radius 3 is 2.16 bits per heavy atom. The summed E-state index contributed by atoms with van der Waals surface area (Å²) in [6.07, 6.45) is 0. The Labute approximate surface area is 247 Å². The van der Waals surface area contributed by atoms with E-state index < -0.39 is 0 Å². The predicted molar refractivity (Wildman–Crippen MR) is 175 cm³/mol. The van der Waals surface area contributed by atoms with Crippen LogP contribution in [0, 0.1) is 6.92 Å². The molecular weight excluding hydrogens is 528 g/mol. The quantitative estimate of drug-likeness (QED) is 0.203. The molecule has 4 heteroatoms. The summed E-state index contributed by atoms with van der Waals surface area (Å²) in [6, 6.07) is 44.7. The fourth-order valence-corrected chi connectivity index (χ4v) is 6.74. The van der Waals surface area contributed by atoms with Crippen molar-refractivity contribution in [2.24, 2.45) is 7.05 Å². The van der Waals surface area contributed by atoms with Crippen molar-refractivity contribution in [1.29, 1.82) is 0 Å². The van der Waals surface area contributed by atoms with Gasteiger partial charge in [0.25, 0.3) is 5.82 Å². The number of hydrogen-bond donors (Lipinski definition) is 0. The van der Waals surface area contributed by atoms with Gasteiger partial charge in [0.05, 0.1) is 7.05 Å². The number of benzene rings is 6. The van der Waals surface area contributed by atoms with Gasteiger partial charge in [-0.25, -0.2) is 4.57 Å². The van der Waals surface area contributed by atoms with Gasteiger partial charge in [-0.1, -0.05) is 78.9 Å². The molecule has 0 aliphatic heterocycles. The minimum absolute atomic E-state index is 0.872. The van der Waals surface area contributed by atoms with E-state index in [-0.39, 0.29) is 0 Å². The van der Waals surface area contributed by atoms with Crippen LogP contribution in [-0.2, 0) is 7.05 Å². The van der Waals surface area contributed by atoms with E-state index in [1.165, 1.54) is 5.56 Å². The van der Waals surface area contributed by atoms with Crippen LogP contribution in [0.25, 0.3) is 83.1 Å². The summed E-state index contributed by atoms with van der Waals surface area (Å²) in [4.78, 5) is 0. The zero-order valence-corrected chi connectivity index (χ0v) is 23.8. The molecule has 0 radical (unpaired) electrons. The molecule has 6 aromatic carbocycles. The monoisotopic (exact) mass is 555 g/mol. The van der Waals surface area contributed by atoms with Crippen LogP contribution in [0.1, 0.15) is 5.56 Å². The largest absolute Gasteiger partial charge is 0.456 e. The number of fused-ring (bicyclic) bond motifs is 7. The summed E-state index contributed by atoms with van der Waals surface area (Å²) in [5, 5.41) is 4.47. The number of imidazole rings is 1. The SMILES string of the molecule is Cc1ccc2c(oc3cc(-c4ccccc4)ccc32)c1-c1n(-c2ccc3c(c2)oc2ccccc23)c2ccccc2[n+]1C. The van der Waals surface area contributed by atoms with Crippen LogP contribution < -0.4 is 4.57 Å². The van der Waals surface area contributed by atoms with Crippen LogP contribution in [0.3, 0.4) is 0 Å². The zero-order chi connectivity index (χ0) is 28.7. The summed E-state index contributed by atoms with van der Waals surface area (Å²) >= 11 is 0. The highest BCUT2D eigenvalue weighted by molar-refractivity contribution is 6.11. The van der Waals surface area contributed by atoms with Gasteiger partial charge in [0.15, 0.2) is 16.6 Å². The average molecular weight is 556 g/mol. The summed E-state index contributed by atoms with van der Waals surface area (Å²) < 4.78 is 17.7. The molecule has 0 amide bonds. The van der Waals surface area contributed by atoms with E-state index in [1.807, 2.05) is 18.2 Å². The van der Waals surface area contributed by atoms with Gasteiger partial charge in [-0.2, -0.15) is 4.57 Å². The van der Waals surface area contributed by atoms with Crippen LogP contribution in [-0.4, -0.2) is 4.57 Å². The van der Waals surface area contributed by atoms with Gasteiger partial charge < -0.3 is 8.83 Å². The fraction of sp³-hybridized carbons (Fsp3) is 0.0513. The normalized spacial score (nSPS) is 12.0. The molecule has 0 aliphatic carbocycles.